The number of nitrogens with zero attached hydrogens (tertiary/aromatic N) is 1. The average Bonchev–Trinajstić information content (AvgIpc) is 2.44. The first kappa shape index (κ1) is 17.4. The molecule has 2 aromatic rings. The summed E-state index contributed by atoms with van der Waals surface area (Å²) in [6.07, 6.45) is 0. The highest BCUT2D eigenvalue weighted by Gasteiger charge is 2.08. The molecule has 0 atom stereocenters. The van der Waals surface area contributed by atoms with E-state index in [4.69, 9.17) is 5.73 Å². The molecule has 0 bridgehead atoms. The summed E-state index contributed by atoms with van der Waals surface area (Å²) in [5, 5.41) is 10.4. The van der Waals surface area contributed by atoms with Gasteiger partial charge in [-0.05, 0) is 44.9 Å². The van der Waals surface area contributed by atoms with Crippen molar-refractivity contribution in [2.75, 3.05) is 0 Å². The number of benzene rings is 2. The van der Waals surface area contributed by atoms with Gasteiger partial charge in [-0.15, -0.1) is 0 Å². The third-order valence-corrected chi connectivity index (χ3v) is 3.22. The van der Waals surface area contributed by atoms with E-state index in [1.54, 1.807) is 25.1 Å². The Morgan fingerprint density at radius 2 is 1.45 bits per heavy atom. The monoisotopic (exact) mass is 300 g/mol. The number of carbonyl (C=O) groups is 1. The molecule has 0 saturated heterocycles. The first-order valence-electron chi connectivity index (χ1n) is 6.81. The van der Waals surface area contributed by atoms with Gasteiger partial charge in [0.25, 0.3) is 5.69 Å². The molecule has 0 heterocycles. The van der Waals surface area contributed by atoms with E-state index in [9.17, 15) is 14.9 Å². The minimum atomic E-state index is -0.359. The Labute approximate surface area is 129 Å². The predicted molar refractivity (Wildman–Crippen MR) is 87.0 cm³/mol. The molecule has 2 N–H and O–H groups in total. The standard InChI is InChI=1S/C9H11NO.C8H9NO2/c2*1-6-3-4-7(2)8(5-6)9(10)11/h3-5H,1-2H3,(H2,10,11);3-5H,1-2H3. The van der Waals surface area contributed by atoms with Gasteiger partial charge in [0.15, 0.2) is 0 Å². The van der Waals surface area contributed by atoms with Gasteiger partial charge in [0.1, 0.15) is 0 Å². The van der Waals surface area contributed by atoms with Crippen LogP contribution in [0.5, 0.6) is 0 Å². The average molecular weight is 300 g/mol. The van der Waals surface area contributed by atoms with Crippen molar-refractivity contribution in [3.05, 3.63) is 74.3 Å². The zero-order chi connectivity index (χ0) is 16.9. The van der Waals surface area contributed by atoms with Crippen LogP contribution in [0.3, 0.4) is 0 Å². The van der Waals surface area contributed by atoms with Crippen LogP contribution in [0.4, 0.5) is 5.69 Å². The van der Waals surface area contributed by atoms with Gasteiger partial charge in [0, 0.05) is 17.2 Å². The van der Waals surface area contributed by atoms with Crippen molar-refractivity contribution < 1.29 is 9.72 Å². The van der Waals surface area contributed by atoms with Crippen LogP contribution in [0.2, 0.25) is 0 Å². The lowest BCUT2D eigenvalue weighted by molar-refractivity contribution is -0.385. The molecule has 1 amide bonds. The molecule has 22 heavy (non-hydrogen) atoms. The molecule has 0 unspecified atom stereocenters. The molecule has 5 heteroatoms. The number of primary amides is 1. The molecule has 0 saturated carbocycles. The van der Waals surface area contributed by atoms with Crippen LogP contribution in [-0.4, -0.2) is 10.8 Å². The summed E-state index contributed by atoms with van der Waals surface area (Å²) in [7, 11) is 0. The maximum absolute atomic E-state index is 10.8. The van der Waals surface area contributed by atoms with Crippen LogP contribution < -0.4 is 5.73 Å². The van der Waals surface area contributed by atoms with Gasteiger partial charge in [0.05, 0.1) is 4.92 Å². The van der Waals surface area contributed by atoms with Crippen molar-refractivity contribution in [2.45, 2.75) is 27.7 Å². The SMILES string of the molecule is Cc1ccc(C)c(C(N)=O)c1.Cc1ccc(C)c([N+](=O)[O-])c1. The van der Waals surface area contributed by atoms with Crippen LogP contribution in [0, 0.1) is 37.8 Å². The highest BCUT2D eigenvalue weighted by molar-refractivity contribution is 5.94. The number of aryl methyl sites for hydroxylation is 4. The maximum atomic E-state index is 10.8. The zero-order valence-electron chi connectivity index (χ0n) is 13.2. The molecule has 0 aliphatic carbocycles. The van der Waals surface area contributed by atoms with E-state index in [1.807, 2.05) is 39.0 Å². The van der Waals surface area contributed by atoms with Crippen LogP contribution in [0.25, 0.3) is 0 Å². The number of rotatable bonds is 2. The predicted octanol–water partition coefficient (Wildman–Crippen LogP) is 3.61. The number of hydrogen-bond acceptors (Lipinski definition) is 3. The fourth-order valence-corrected chi connectivity index (χ4v) is 1.92. The van der Waals surface area contributed by atoms with Gasteiger partial charge in [-0.2, -0.15) is 0 Å². The highest BCUT2D eigenvalue weighted by atomic mass is 16.6. The summed E-state index contributed by atoms with van der Waals surface area (Å²) >= 11 is 0. The molecule has 5 nitrogen and oxygen atoms in total. The van der Waals surface area contributed by atoms with Crippen LogP contribution in [0.15, 0.2) is 36.4 Å². The lowest BCUT2D eigenvalue weighted by Gasteiger charge is -2.01. The first-order chi connectivity index (χ1) is 10.2. The molecule has 116 valence electrons. The van der Waals surface area contributed by atoms with Gasteiger partial charge in [-0.1, -0.05) is 29.8 Å². The lowest BCUT2D eigenvalue weighted by atomic mass is 10.1. The molecule has 0 fully saturated rings. The van der Waals surface area contributed by atoms with E-state index in [0.717, 1.165) is 16.7 Å². The third-order valence-electron chi connectivity index (χ3n) is 3.22. The number of carbonyl (C=O) groups excluding carboxylic acids is 1. The number of amides is 1. The summed E-state index contributed by atoms with van der Waals surface area (Å²) in [5.41, 5.74) is 9.58. The quantitative estimate of drug-likeness (QED) is 0.679. The Morgan fingerprint density at radius 1 is 0.955 bits per heavy atom. The summed E-state index contributed by atoms with van der Waals surface area (Å²) in [5.74, 6) is -0.355. The smallest absolute Gasteiger partial charge is 0.272 e. The number of hydrogen-bond donors (Lipinski definition) is 1. The van der Waals surface area contributed by atoms with Gasteiger partial charge in [-0.3, -0.25) is 14.9 Å². The largest absolute Gasteiger partial charge is 0.366 e. The van der Waals surface area contributed by atoms with E-state index < -0.39 is 0 Å². The van der Waals surface area contributed by atoms with E-state index >= 15 is 0 Å². The van der Waals surface area contributed by atoms with E-state index in [1.165, 1.54) is 0 Å². The Morgan fingerprint density at radius 3 is 1.86 bits per heavy atom. The van der Waals surface area contributed by atoms with Gasteiger partial charge in [0.2, 0.25) is 5.91 Å². The first-order valence-corrected chi connectivity index (χ1v) is 6.81. The van der Waals surface area contributed by atoms with Crippen molar-refractivity contribution in [1.82, 2.24) is 0 Å². The Hall–Kier alpha value is -2.69. The second-order valence-electron chi connectivity index (χ2n) is 5.23. The van der Waals surface area contributed by atoms with Crippen molar-refractivity contribution in [3.8, 4) is 0 Å². The van der Waals surface area contributed by atoms with Crippen LogP contribution in [-0.2, 0) is 0 Å². The Balaban J connectivity index is 0.000000220. The van der Waals surface area contributed by atoms with Crippen molar-refractivity contribution in [3.63, 3.8) is 0 Å². The fourth-order valence-electron chi connectivity index (χ4n) is 1.92. The van der Waals surface area contributed by atoms with Gasteiger partial charge < -0.3 is 5.73 Å². The summed E-state index contributed by atoms with van der Waals surface area (Å²) in [4.78, 5) is 20.8. The second kappa shape index (κ2) is 7.36. The summed E-state index contributed by atoms with van der Waals surface area (Å²) in [6.45, 7) is 7.38. The van der Waals surface area contributed by atoms with Gasteiger partial charge in [-0.25, -0.2) is 0 Å². The fraction of sp³-hybridized carbons (Fsp3) is 0.235. The Bertz CT molecular complexity index is 648. The van der Waals surface area contributed by atoms with Gasteiger partial charge >= 0.3 is 0 Å². The van der Waals surface area contributed by atoms with E-state index in [-0.39, 0.29) is 16.5 Å². The van der Waals surface area contributed by atoms with Crippen LogP contribution in [0.1, 0.15) is 32.6 Å². The zero-order valence-corrected chi connectivity index (χ0v) is 13.2. The molecule has 0 aromatic heterocycles. The molecule has 0 aliphatic heterocycles. The maximum Gasteiger partial charge on any atom is 0.272 e. The molecule has 2 rings (SSSR count). The van der Waals surface area contributed by atoms with Crippen molar-refractivity contribution in [2.24, 2.45) is 5.73 Å². The molecular weight excluding hydrogens is 280 g/mol. The minimum absolute atomic E-state index is 0.199. The van der Waals surface area contributed by atoms with Crippen molar-refractivity contribution in [1.29, 1.82) is 0 Å². The molecule has 2 aromatic carbocycles. The van der Waals surface area contributed by atoms with Crippen LogP contribution >= 0.6 is 0 Å². The molecular formula is C17H20N2O3. The highest BCUT2D eigenvalue weighted by Crippen LogP contribution is 2.18. The number of nitrogens with two attached hydrogens (primary N) is 1. The molecule has 0 radical (unpaired) electrons. The minimum Gasteiger partial charge on any atom is -0.366 e. The molecule has 0 spiro atoms. The number of nitro benzene ring substituents is 1. The van der Waals surface area contributed by atoms with Crippen molar-refractivity contribution >= 4 is 11.6 Å². The van der Waals surface area contributed by atoms with E-state index in [2.05, 4.69) is 0 Å². The summed E-state index contributed by atoms with van der Waals surface area (Å²) < 4.78 is 0. The normalized spacial score (nSPS) is 9.64. The summed E-state index contributed by atoms with van der Waals surface area (Å²) in [6, 6.07) is 10.9. The lowest BCUT2D eigenvalue weighted by Crippen LogP contribution is -2.12. The number of nitro groups is 1. The molecule has 0 aliphatic rings. The third kappa shape index (κ3) is 4.70. The topological polar surface area (TPSA) is 86.2 Å². The van der Waals surface area contributed by atoms with E-state index in [0.29, 0.717) is 11.1 Å². The Kier molecular flexibility index (Phi) is 5.81. The second-order valence-corrected chi connectivity index (χ2v) is 5.23.